The Bertz CT molecular complexity index is 412. The molecule has 0 bridgehead atoms. The van der Waals surface area contributed by atoms with Crippen molar-refractivity contribution in [1.82, 2.24) is 4.90 Å². The fraction of sp³-hybridized carbons (Fsp3) is 0.647. The maximum Gasteiger partial charge on any atom is 0.0718 e. The number of nitrogens with one attached hydrogen (secondary N) is 1. The maximum absolute atomic E-state index is 5.56. The Morgan fingerprint density at radius 1 is 1.33 bits per heavy atom. The van der Waals surface area contributed by atoms with Gasteiger partial charge in [-0.25, -0.2) is 0 Å². The minimum absolute atomic E-state index is 0.641. The van der Waals surface area contributed by atoms with E-state index in [0.717, 1.165) is 12.5 Å². The van der Waals surface area contributed by atoms with Gasteiger partial charge in [0.2, 0.25) is 0 Å². The summed E-state index contributed by atoms with van der Waals surface area (Å²) in [4.78, 5) is 2.43. The number of hydrogen-bond donors (Lipinski definition) is 1. The molecule has 1 aliphatic heterocycles. The van der Waals surface area contributed by atoms with Crippen LogP contribution in [0.4, 0.5) is 5.69 Å². The van der Waals surface area contributed by atoms with Crippen molar-refractivity contribution in [3.8, 4) is 0 Å². The molecule has 1 fully saturated rings. The summed E-state index contributed by atoms with van der Waals surface area (Å²) in [6.45, 7) is 5.43. The van der Waals surface area contributed by atoms with Crippen LogP contribution < -0.4 is 5.32 Å². The first-order chi connectivity index (χ1) is 10.3. The van der Waals surface area contributed by atoms with E-state index < -0.39 is 0 Å². The molecule has 0 aliphatic carbocycles. The van der Waals surface area contributed by atoms with Crippen molar-refractivity contribution >= 4 is 5.69 Å². The second-order valence-corrected chi connectivity index (χ2v) is 5.90. The lowest BCUT2D eigenvalue weighted by atomic mass is 9.98. The summed E-state index contributed by atoms with van der Waals surface area (Å²) in [5, 5.41) is 3.57. The van der Waals surface area contributed by atoms with Crippen LogP contribution in [0.1, 0.15) is 18.4 Å². The van der Waals surface area contributed by atoms with E-state index in [0.29, 0.717) is 19.8 Å². The van der Waals surface area contributed by atoms with Gasteiger partial charge in [0.05, 0.1) is 19.8 Å². The lowest BCUT2D eigenvalue weighted by Crippen LogP contribution is -2.35. The Kier molecular flexibility index (Phi) is 7.00. The van der Waals surface area contributed by atoms with Crippen molar-refractivity contribution in [3.05, 3.63) is 29.8 Å². The van der Waals surface area contributed by atoms with Crippen LogP contribution in [0, 0.1) is 5.92 Å². The molecule has 1 aromatic carbocycles. The molecule has 2 rings (SSSR count). The summed E-state index contributed by atoms with van der Waals surface area (Å²) in [6, 6.07) is 8.50. The summed E-state index contributed by atoms with van der Waals surface area (Å²) in [7, 11) is 3.90. The van der Waals surface area contributed by atoms with E-state index in [-0.39, 0.29) is 0 Å². The lowest BCUT2D eigenvalue weighted by Gasteiger charge is -2.30. The van der Waals surface area contributed by atoms with Gasteiger partial charge in [0, 0.05) is 25.9 Å². The highest BCUT2D eigenvalue weighted by atomic mass is 16.5. The van der Waals surface area contributed by atoms with E-state index in [9.17, 15) is 0 Å². The van der Waals surface area contributed by atoms with E-state index in [1.807, 2.05) is 0 Å². The highest BCUT2D eigenvalue weighted by molar-refractivity contribution is 5.45. The van der Waals surface area contributed by atoms with Crippen molar-refractivity contribution in [3.63, 3.8) is 0 Å². The molecule has 1 heterocycles. The second-order valence-electron chi connectivity index (χ2n) is 5.90. The fourth-order valence-corrected chi connectivity index (χ4v) is 2.81. The number of benzene rings is 1. The number of likely N-dealkylation sites (tertiary alicyclic amines) is 1. The zero-order valence-corrected chi connectivity index (χ0v) is 13.3. The molecule has 1 saturated heterocycles. The fourth-order valence-electron chi connectivity index (χ4n) is 2.81. The Balaban J connectivity index is 1.75. The summed E-state index contributed by atoms with van der Waals surface area (Å²) in [5.41, 5.74) is 2.40. The minimum Gasteiger partial charge on any atom is -0.385 e. The topological polar surface area (TPSA) is 33.7 Å². The van der Waals surface area contributed by atoms with Gasteiger partial charge in [-0.3, -0.25) is 0 Å². The highest BCUT2D eigenvalue weighted by Crippen LogP contribution is 2.17. The first-order valence-corrected chi connectivity index (χ1v) is 7.86. The van der Waals surface area contributed by atoms with Crippen molar-refractivity contribution in [2.75, 3.05) is 52.3 Å². The SMILES string of the molecule is COCCOCc1cccc(NCC2CCCN(C)C2)c1. The first-order valence-electron chi connectivity index (χ1n) is 7.86. The molecule has 0 aromatic heterocycles. The number of ether oxygens (including phenoxy) is 2. The Morgan fingerprint density at radius 2 is 2.24 bits per heavy atom. The van der Waals surface area contributed by atoms with Gasteiger partial charge in [0.1, 0.15) is 0 Å². The van der Waals surface area contributed by atoms with Crippen molar-refractivity contribution < 1.29 is 9.47 Å². The molecular formula is C17H28N2O2. The Labute approximate surface area is 128 Å². The van der Waals surface area contributed by atoms with Crippen LogP contribution in [0.15, 0.2) is 24.3 Å². The summed E-state index contributed by atoms with van der Waals surface area (Å²) < 4.78 is 10.5. The van der Waals surface area contributed by atoms with Gasteiger partial charge in [0.25, 0.3) is 0 Å². The summed E-state index contributed by atoms with van der Waals surface area (Å²) >= 11 is 0. The number of anilines is 1. The van der Waals surface area contributed by atoms with Crippen LogP contribution in [0.25, 0.3) is 0 Å². The molecule has 4 heteroatoms. The van der Waals surface area contributed by atoms with Crippen LogP contribution >= 0.6 is 0 Å². The summed E-state index contributed by atoms with van der Waals surface area (Å²) in [5.74, 6) is 0.755. The Morgan fingerprint density at radius 3 is 3.05 bits per heavy atom. The zero-order valence-electron chi connectivity index (χ0n) is 13.3. The highest BCUT2D eigenvalue weighted by Gasteiger charge is 2.16. The maximum atomic E-state index is 5.56. The molecule has 0 saturated carbocycles. The van der Waals surface area contributed by atoms with Crippen LogP contribution in [0.2, 0.25) is 0 Å². The molecule has 1 unspecified atom stereocenters. The lowest BCUT2D eigenvalue weighted by molar-refractivity contribution is 0.0617. The predicted octanol–water partition coefficient (Wildman–Crippen LogP) is 2.60. The summed E-state index contributed by atoms with van der Waals surface area (Å²) in [6.07, 6.45) is 2.65. The minimum atomic E-state index is 0.641. The van der Waals surface area contributed by atoms with E-state index in [2.05, 4.69) is 41.5 Å². The Hall–Kier alpha value is -1.10. The number of hydrogen-bond acceptors (Lipinski definition) is 4. The number of nitrogens with zero attached hydrogens (tertiary/aromatic N) is 1. The standard InChI is InChI=1S/C17H28N2O2/c1-19-8-4-6-16(13-19)12-18-17-7-3-5-15(11-17)14-21-10-9-20-2/h3,5,7,11,16,18H,4,6,8-10,12-14H2,1-2H3. The van der Waals surface area contributed by atoms with Gasteiger partial charge in [-0.15, -0.1) is 0 Å². The van der Waals surface area contributed by atoms with Gasteiger partial charge in [-0.2, -0.15) is 0 Å². The molecule has 1 aliphatic rings. The normalized spacial score (nSPS) is 19.6. The largest absolute Gasteiger partial charge is 0.385 e. The molecule has 0 amide bonds. The molecule has 1 N–H and O–H groups in total. The molecule has 4 nitrogen and oxygen atoms in total. The van der Waals surface area contributed by atoms with Gasteiger partial charge in [-0.1, -0.05) is 12.1 Å². The molecule has 0 radical (unpaired) electrons. The molecule has 1 atom stereocenters. The van der Waals surface area contributed by atoms with Gasteiger partial charge in [0.15, 0.2) is 0 Å². The first kappa shape index (κ1) is 16.3. The van der Waals surface area contributed by atoms with Crippen LogP contribution in [0.5, 0.6) is 0 Å². The average molecular weight is 292 g/mol. The molecule has 1 aromatic rings. The van der Waals surface area contributed by atoms with E-state index in [1.165, 1.54) is 37.2 Å². The van der Waals surface area contributed by atoms with Crippen molar-refractivity contribution in [2.24, 2.45) is 5.92 Å². The van der Waals surface area contributed by atoms with E-state index in [4.69, 9.17) is 9.47 Å². The zero-order chi connectivity index (χ0) is 14.9. The van der Waals surface area contributed by atoms with Crippen LogP contribution in [-0.4, -0.2) is 51.9 Å². The van der Waals surface area contributed by atoms with E-state index >= 15 is 0 Å². The van der Waals surface area contributed by atoms with Gasteiger partial charge < -0.3 is 19.7 Å². The third-order valence-electron chi connectivity index (χ3n) is 3.94. The van der Waals surface area contributed by atoms with Crippen LogP contribution in [0.3, 0.4) is 0 Å². The van der Waals surface area contributed by atoms with Crippen molar-refractivity contribution in [2.45, 2.75) is 19.4 Å². The number of rotatable bonds is 8. The quantitative estimate of drug-likeness (QED) is 0.747. The molecule has 21 heavy (non-hydrogen) atoms. The van der Waals surface area contributed by atoms with Crippen LogP contribution in [-0.2, 0) is 16.1 Å². The van der Waals surface area contributed by atoms with Gasteiger partial charge >= 0.3 is 0 Å². The number of piperidine rings is 1. The average Bonchev–Trinajstić information content (AvgIpc) is 2.50. The molecule has 0 spiro atoms. The third-order valence-corrected chi connectivity index (χ3v) is 3.94. The molecule has 118 valence electrons. The van der Waals surface area contributed by atoms with E-state index in [1.54, 1.807) is 7.11 Å². The second kappa shape index (κ2) is 9.03. The smallest absolute Gasteiger partial charge is 0.0718 e. The predicted molar refractivity (Wildman–Crippen MR) is 86.7 cm³/mol. The van der Waals surface area contributed by atoms with Crippen molar-refractivity contribution in [1.29, 1.82) is 0 Å². The number of methoxy groups -OCH3 is 1. The monoisotopic (exact) mass is 292 g/mol. The third kappa shape index (κ3) is 6.04. The van der Waals surface area contributed by atoms with Gasteiger partial charge in [-0.05, 0) is 50.0 Å². The molecular weight excluding hydrogens is 264 g/mol.